The maximum atomic E-state index is 13.3. The van der Waals surface area contributed by atoms with Crippen LogP contribution in [0.4, 0.5) is 8.78 Å². The largest absolute Gasteiger partial charge is 0.309 e. The van der Waals surface area contributed by atoms with Gasteiger partial charge in [-0.25, -0.2) is 8.78 Å². The Bertz CT molecular complexity index is 451. The van der Waals surface area contributed by atoms with Crippen LogP contribution in [-0.2, 0) is 6.54 Å². The van der Waals surface area contributed by atoms with Crippen molar-refractivity contribution < 1.29 is 8.78 Å². The fraction of sp³-hybridized carbons (Fsp3) is 0.625. The molecule has 4 heteroatoms. The van der Waals surface area contributed by atoms with E-state index in [0.717, 1.165) is 19.2 Å². The Morgan fingerprint density at radius 2 is 1.85 bits per heavy atom. The van der Waals surface area contributed by atoms with Crippen LogP contribution in [0.2, 0.25) is 0 Å². The van der Waals surface area contributed by atoms with Crippen molar-refractivity contribution in [3.63, 3.8) is 0 Å². The van der Waals surface area contributed by atoms with Crippen LogP contribution in [0.1, 0.15) is 33.3 Å². The SMILES string of the molecule is CC(C)C1CNC(C)(C)CN1Cc1cc(F)cc(F)c1. The first kappa shape index (κ1) is 15.4. The molecule has 2 nitrogen and oxygen atoms in total. The smallest absolute Gasteiger partial charge is 0.126 e. The molecule has 1 heterocycles. The van der Waals surface area contributed by atoms with Crippen LogP contribution in [0, 0.1) is 17.6 Å². The van der Waals surface area contributed by atoms with Crippen LogP contribution < -0.4 is 5.32 Å². The van der Waals surface area contributed by atoms with E-state index in [0.29, 0.717) is 24.1 Å². The van der Waals surface area contributed by atoms with Crippen LogP contribution in [0.15, 0.2) is 18.2 Å². The van der Waals surface area contributed by atoms with Gasteiger partial charge in [0.25, 0.3) is 0 Å². The third kappa shape index (κ3) is 3.76. The molecule has 112 valence electrons. The first-order valence-electron chi connectivity index (χ1n) is 7.21. The minimum atomic E-state index is -0.504. The summed E-state index contributed by atoms with van der Waals surface area (Å²) >= 11 is 0. The number of benzene rings is 1. The Labute approximate surface area is 120 Å². The molecular weight excluding hydrogens is 258 g/mol. The summed E-state index contributed by atoms with van der Waals surface area (Å²) in [5, 5.41) is 3.54. The molecule has 0 bridgehead atoms. The van der Waals surface area contributed by atoms with E-state index < -0.39 is 11.6 Å². The van der Waals surface area contributed by atoms with Gasteiger partial charge in [0.05, 0.1) is 0 Å². The Morgan fingerprint density at radius 1 is 1.25 bits per heavy atom. The molecule has 1 aromatic rings. The van der Waals surface area contributed by atoms with E-state index in [2.05, 4.69) is 37.9 Å². The van der Waals surface area contributed by atoms with Crippen molar-refractivity contribution in [1.82, 2.24) is 10.2 Å². The lowest BCUT2D eigenvalue weighted by Gasteiger charge is -2.46. The lowest BCUT2D eigenvalue weighted by molar-refractivity contribution is 0.0626. The molecule has 0 spiro atoms. The average Bonchev–Trinajstić information content (AvgIpc) is 2.25. The molecule has 1 N–H and O–H groups in total. The lowest BCUT2D eigenvalue weighted by atomic mass is 9.92. The van der Waals surface area contributed by atoms with Crippen molar-refractivity contribution in [2.24, 2.45) is 5.92 Å². The van der Waals surface area contributed by atoms with Gasteiger partial charge < -0.3 is 5.32 Å². The highest BCUT2D eigenvalue weighted by Gasteiger charge is 2.33. The molecular formula is C16H24F2N2. The molecule has 1 aliphatic heterocycles. The van der Waals surface area contributed by atoms with E-state index in [1.54, 1.807) is 0 Å². The highest BCUT2D eigenvalue weighted by atomic mass is 19.1. The van der Waals surface area contributed by atoms with Gasteiger partial charge in [0, 0.05) is 37.3 Å². The monoisotopic (exact) mass is 282 g/mol. The molecule has 0 radical (unpaired) electrons. The fourth-order valence-corrected chi connectivity index (χ4v) is 2.96. The Morgan fingerprint density at radius 3 is 2.40 bits per heavy atom. The fourth-order valence-electron chi connectivity index (χ4n) is 2.96. The minimum Gasteiger partial charge on any atom is -0.309 e. The predicted octanol–water partition coefficient (Wildman–Crippen LogP) is 3.17. The first-order valence-corrected chi connectivity index (χ1v) is 7.21. The molecule has 2 rings (SSSR count). The van der Waals surface area contributed by atoms with E-state index in [9.17, 15) is 8.78 Å². The second-order valence-electron chi connectivity index (χ2n) is 6.76. The maximum absolute atomic E-state index is 13.3. The maximum Gasteiger partial charge on any atom is 0.126 e. The molecule has 1 fully saturated rings. The number of piperazine rings is 1. The second-order valence-corrected chi connectivity index (χ2v) is 6.76. The highest BCUT2D eigenvalue weighted by Crippen LogP contribution is 2.23. The molecule has 0 aliphatic carbocycles. The predicted molar refractivity (Wildman–Crippen MR) is 77.5 cm³/mol. The van der Waals surface area contributed by atoms with Gasteiger partial charge in [0.15, 0.2) is 0 Å². The zero-order valence-corrected chi connectivity index (χ0v) is 12.7. The van der Waals surface area contributed by atoms with Crippen molar-refractivity contribution in [2.75, 3.05) is 13.1 Å². The summed E-state index contributed by atoms with van der Waals surface area (Å²) in [7, 11) is 0. The van der Waals surface area contributed by atoms with E-state index in [1.165, 1.54) is 12.1 Å². The molecule has 1 unspecified atom stereocenters. The van der Waals surface area contributed by atoms with Crippen molar-refractivity contribution in [2.45, 2.75) is 45.8 Å². The standard InChI is InChI=1S/C16H24F2N2/c1-11(2)15-8-19-16(3,4)10-20(15)9-12-5-13(17)7-14(18)6-12/h5-7,11,15,19H,8-10H2,1-4H3. The van der Waals surface area contributed by atoms with Gasteiger partial charge in [-0.15, -0.1) is 0 Å². The highest BCUT2D eigenvalue weighted by molar-refractivity contribution is 5.18. The van der Waals surface area contributed by atoms with E-state index in [1.807, 2.05) is 0 Å². The average molecular weight is 282 g/mol. The second kappa shape index (κ2) is 5.78. The van der Waals surface area contributed by atoms with E-state index in [4.69, 9.17) is 0 Å². The number of rotatable bonds is 3. The summed E-state index contributed by atoms with van der Waals surface area (Å²) in [5.41, 5.74) is 0.725. The van der Waals surface area contributed by atoms with Gasteiger partial charge in [-0.1, -0.05) is 13.8 Å². The quantitative estimate of drug-likeness (QED) is 0.916. The Balaban J connectivity index is 2.18. The molecule has 0 aromatic heterocycles. The van der Waals surface area contributed by atoms with Crippen molar-refractivity contribution in [1.29, 1.82) is 0 Å². The molecule has 1 aromatic carbocycles. The molecule has 0 saturated carbocycles. The summed E-state index contributed by atoms with van der Waals surface area (Å²) in [6, 6.07) is 4.16. The van der Waals surface area contributed by atoms with Crippen LogP contribution in [0.3, 0.4) is 0 Å². The van der Waals surface area contributed by atoms with Gasteiger partial charge >= 0.3 is 0 Å². The van der Waals surface area contributed by atoms with Gasteiger partial charge in [0.1, 0.15) is 11.6 Å². The number of nitrogens with one attached hydrogen (secondary N) is 1. The summed E-state index contributed by atoms with van der Waals surface area (Å²) in [6.45, 7) is 11.0. The number of nitrogens with zero attached hydrogens (tertiary/aromatic N) is 1. The number of hydrogen-bond acceptors (Lipinski definition) is 2. The third-order valence-electron chi connectivity index (χ3n) is 3.93. The van der Waals surface area contributed by atoms with Gasteiger partial charge in [-0.3, -0.25) is 4.90 Å². The van der Waals surface area contributed by atoms with E-state index >= 15 is 0 Å². The van der Waals surface area contributed by atoms with Crippen molar-refractivity contribution >= 4 is 0 Å². The van der Waals surface area contributed by atoms with Crippen molar-refractivity contribution in [3.05, 3.63) is 35.4 Å². The topological polar surface area (TPSA) is 15.3 Å². The molecule has 0 amide bonds. The molecule has 1 aliphatic rings. The summed E-state index contributed by atoms with van der Waals surface area (Å²) in [5.74, 6) is -0.511. The van der Waals surface area contributed by atoms with Crippen LogP contribution in [-0.4, -0.2) is 29.6 Å². The molecule has 20 heavy (non-hydrogen) atoms. The van der Waals surface area contributed by atoms with Gasteiger partial charge in [-0.05, 0) is 37.5 Å². The molecule has 1 saturated heterocycles. The zero-order valence-electron chi connectivity index (χ0n) is 12.7. The Hall–Kier alpha value is -1.00. The van der Waals surface area contributed by atoms with Gasteiger partial charge in [-0.2, -0.15) is 0 Å². The number of hydrogen-bond donors (Lipinski definition) is 1. The number of halogens is 2. The third-order valence-corrected chi connectivity index (χ3v) is 3.93. The van der Waals surface area contributed by atoms with Gasteiger partial charge in [0.2, 0.25) is 0 Å². The summed E-state index contributed by atoms with van der Waals surface area (Å²) in [6.07, 6.45) is 0. The zero-order chi connectivity index (χ0) is 14.9. The minimum absolute atomic E-state index is 0.0251. The normalized spacial score (nSPS) is 23.2. The van der Waals surface area contributed by atoms with Crippen molar-refractivity contribution in [3.8, 4) is 0 Å². The summed E-state index contributed by atoms with van der Waals surface area (Å²) < 4.78 is 26.6. The van der Waals surface area contributed by atoms with E-state index in [-0.39, 0.29) is 5.54 Å². The first-order chi connectivity index (χ1) is 9.27. The van der Waals surface area contributed by atoms with Crippen LogP contribution in [0.25, 0.3) is 0 Å². The molecule has 1 atom stereocenters. The Kier molecular flexibility index (Phi) is 4.45. The van der Waals surface area contributed by atoms with Crippen LogP contribution in [0.5, 0.6) is 0 Å². The lowest BCUT2D eigenvalue weighted by Crippen LogP contribution is -2.62. The van der Waals surface area contributed by atoms with Crippen LogP contribution >= 0.6 is 0 Å². The summed E-state index contributed by atoms with van der Waals surface area (Å²) in [4.78, 5) is 2.33.